The van der Waals surface area contributed by atoms with Crippen LogP contribution in [0.3, 0.4) is 0 Å². The van der Waals surface area contributed by atoms with Crippen molar-refractivity contribution in [3.05, 3.63) is 15.6 Å². The number of aryl methyl sites for hydroxylation is 2. The minimum Gasteiger partial charge on any atom is -0.378 e. The number of aromatic nitrogens is 1. The molecule has 1 saturated heterocycles. The molecule has 19 heavy (non-hydrogen) atoms. The Balaban J connectivity index is 2.28. The van der Waals surface area contributed by atoms with Gasteiger partial charge in [0.05, 0.1) is 17.3 Å². The molecule has 108 valence electrons. The van der Waals surface area contributed by atoms with Crippen LogP contribution in [0.25, 0.3) is 0 Å². The van der Waals surface area contributed by atoms with Crippen LogP contribution in [-0.4, -0.2) is 24.2 Å². The second-order valence-electron chi connectivity index (χ2n) is 5.52. The summed E-state index contributed by atoms with van der Waals surface area (Å²) in [4.78, 5) is 6.17. The molecule has 1 aromatic heterocycles. The fourth-order valence-corrected chi connectivity index (χ4v) is 3.80. The smallest absolute Gasteiger partial charge is 0.113 e. The van der Waals surface area contributed by atoms with E-state index in [0.29, 0.717) is 6.10 Å². The zero-order valence-electron chi connectivity index (χ0n) is 12.6. The molecule has 0 aromatic carbocycles. The molecule has 0 amide bonds. The standard InChI is InChI=1S/C15H26N2OS/c1-5-8-16-15(7-9-18-13(6-2)10-15)14-17-11(3)12(4)19-14/h13,16H,5-10H2,1-4H3. The largest absolute Gasteiger partial charge is 0.378 e. The van der Waals surface area contributed by atoms with Crippen molar-refractivity contribution in [3.8, 4) is 0 Å². The minimum atomic E-state index is 0.0403. The molecule has 0 bridgehead atoms. The van der Waals surface area contributed by atoms with Gasteiger partial charge in [-0.25, -0.2) is 4.98 Å². The van der Waals surface area contributed by atoms with Crippen LogP contribution in [-0.2, 0) is 10.3 Å². The Morgan fingerprint density at radius 2 is 2.21 bits per heavy atom. The predicted molar refractivity (Wildman–Crippen MR) is 80.8 cm³/mol. The maximum Gasteiger partial charge on any atom is 0.113 e. The molecule has 2 unspecified atom stereocenters. The molecule has 2 atom stereocenters. The number of ether oxygens (including phenoxy) is 1. The molecule has 0 radical (unpaired) electrons. The van der Waals surface area contributed by atoms with Gasteiger partial charge in [0, 0.05) is 11.5 Å². The SMILES string of the molecule is CCCNC1(c2nc(C)c(C)s2)CCOC(CC)C1. The van der Waals surface area contributed by atoms with Crippen molar-refractivity contribution in [2.75, 3.05) is 13.2 Å². The van der Waals surface area contributed by atoms with Gasteiger partial charge >= 0.3 is 0 Å². The Kier molecular flexibility index (Phi) is 4.98. The van der Waals surface area contributed by atoms with E-state index in [-0.39, 0.29) is 5.54 Å². The van der Waals surface area contributed by atoms with Crippen LogP contribution in [0, 0.1) is 13.8 Å². The van der Waals surface area contributed by atoms with Crippen molar-refractivity contribution < 1.29 is 4.74 Å². The molecule has 3 nitrogen and oxygen atoms in total. The molecule has 1 aliphatic heterocycles. The van der Waals surface area contributed by atoms with Crippen LogP contribution in [0.1, 0.15) is 55.1 Å². The number of nitrogens with one attached hydrogen (secondary N) is 1. The average Bonchev–Trinajstić information content (AvgIpc) is 2.77. The first-order chi connectivity index (χ1) is 9.11. The van der Waals surface area contributed by atoms with Crippen molar-refractivity contribution in [2.45, 2.75) is 65.0 Å². The summed E-state index contributed by atoms with van der Waals surface area (Å²) in [7, 11) is 0. The van der Waals surface area contributed by atoms with Crippen LogP contribution in [0.2, 0.25) is 0 Å². The number of hydrogen-bond donors (Lipinski definition) is 1. The Morgan fingerprint density at radius 3 is 2.79 bits per heavy atom. The lowest BCUT2D eigenvalue weighted by Crippen LogP contribution is -2.49. The molecule has 0 spiro atoms. The summed E-state index contributed by atoms with van der Waals surface area (Å²) in [5, 5.41) is 5.04. The van der Waals surface area contributed by atoms with E-state index in [9.17, 15) is 0 Å². The molecule has 1 fully saturated rings. The van der Waals surface area contributed by atoms with E-state index in [1.165, 1.54) is 15.6 Å². The Hall–Kier alpha value is -0.450. The Bertz CT molecular complexity index is 399. The van der Waals surface area contributed by atoms with Gasteiger partial charge in [-0.15, -0.1) is 11.3 Å². The lowest BCUT2D eigenvalue weighted by atomic mass is 9.86. The highest BCUT2D eigenvalue weighted by Gasteiger charge is 2.40. The first-order valence-corrected chi connectivity index (χ1v) is 8.24. The van der Waals surface area contributed by atoms with E-state index in [2.05, 4.69) is 33.0 Å². The van der Waals surface area contributed by atoms with Gasteiger partial charge in [-0.1, -0.05) is 13.8 Å². The summed E-state index contributed by atoms with van der Waals surface area (Å²) in [6.45, 7) is 10.6. The topological polar surface area (TPSA) is 34.2 Å². The lowest BCUT2D eigenvalue weighted by molar-refractivity contribution is -0.0323. The van der Waals surface area contributed by atoms with Gasteiger partial charge in [0.1, 0.15) is 5.01 Å². The molecule has 4 heteroatoms. The van der Waals surface area contributed by atoms with E-state index in [1.807, 2.05) is 11.3 Å². The van der Waals surface area contributed by atoms with Gasteiger partial charge < -0.3 is 10.1 Å². The van der Waals surface area contributed by atoms with E-state index >= 15 is 0 Å². The van der Waals surface area contributed by atoms with Crippen LogP contribution >= 0.6 is 11.3 Å². The third-order valence-electron chi connectivity index (χ3n) is 4.07. The molecule has 1 N–H and O–H groups in total. The van der Waals surface area contributed by atoms with Crippen molar-refractivity contribution >= 4 is 11.3 Å². The van der Waals surface area contributed by atoms with Crippen LogP contribution < -0.4 is 5.32 Å². The summed E-state index contributed by atoms with van der Waals surface area (Å²) in [6.07, 6.45) is 4.69. The molecule has 2 rings (SSSR count). The fraction of sp³-hybridized carbons (Fsp3) is 0.800. The van der Waals surface area contributed by atoms with Crippen LogP contribution in [0.4, 0.5) is 0 Å². The second kappa shape index (κ2) is 6.33. The maximum atomic E-state index is 5.86. The summed E-state index contributed by atoms with van der Waals surface area (Å²) in [6, 6.07) is 0. The number of nitrogens with zero attached hydrogens (tertiary/aromatic N) is 1. The van der Waals surface area contributed by atoms with Crippen molar-refractivity contribution in [3.63, 3.8) is 0 Å². The number of rotatable bonds is 5. The lowest BCUT2D eigenvalue weighted by Gasteiger charge is -2.40. The van der Waals surface area contributed by atoms with E-state index in [0.717, 1.165) is 38.8 Å². The molecular formula is C15H26N2OS. The highest BCUT2D eigenvalue weighted by molar-refractivity contribution is 7.11. The van der Waals surface area contributed by atoms with E-state index in [1.54, 1.807) is 0 Å². The van der Waals surface area contributed by atoms with Gasteiger partial charge in [0.15, 0.2) is 0 Å². The van der Waals surface area contributed by atoms with Crippen molar-refractivity contribution in [1.82, 2.24) is 10.3 Å². The third kappa shape index (κ3) is 3.18. The van der Waals surface area contributed by atoms with E-state index < -0.39 is 0 Å². The quantitative estimate of drug-likeness (QED) is 0.897. The number of hydrogen-bond acceptors (Lipinski definition) is 4. The van der Waals surface area contributed by atoms with Gasteiger partial charge in [-0.3, -0.25) is 0 Å². The van der Waals surface area contributed by atoms with E-state index in [4.69, 9.17) is 9.72 Å². The van der Waals surface area contributed by atoms with Gasteiger partial charge in [0.25, 0.3) is 0 Å². The van der Waals surface area contributed by atoms with Crippen molar-refractivity contribution in [2.24, 2.45) is 0 Å². The second-order valence-corrected chi connectivity index (χ2v) is 6.73. The zero-order valence-corrected chi connectivity index (χ0v) is 13.4. The Labute approximate surface area is 120 Å². The highest BCUT2D eigenvalue weighted by atomic mass is 32.1. The van der Waals surface area contributed by atoms with Crippen LogP contribution in [0.15, 0.2) is 0 Å². The van der Waals surface area contributed by atoms with Gasteiger partial charge in [0.2, 0.25) is 0 Å². The zero-order chi connectivity index (χ0) is 13.9. The summed E-state index contributed by atoms with van der Waals surface area (Å²) in [5.41, 5.74) is 1.22. The first-order valence-electron chi connectivity index (χ1n) is 7.42. The summed E-state index contributed by atoms with van der Waals surface area (Å²) in [5.74, 6) is 0. The molecule has 0 saturated carbocycles. The van der Waals surface area contributed by atoms with Crippen LogP contribution in [0.5, 0.6) is 0 Å². The normalized spacial score (nSPS) is 27.7. The fourth-order valence-electron chi connectivity index (χ4n) is 2.68. The summed E-state index contributed by atoms with van der Waals surface area (Å²) < 4.78 is 5.86. The summed E-state index contributed by atoms with van der Waals surface area (Å²) >= 11 is 1.85. The third-order valence-corrected chi connectivity index (χ3v) is 5.34. The maximum absolute atomic E-state index is 5.86. The molecule has 1 aliphatic rings. The highest BCUT2D eigenvalue weighted by Crippen LogP contribution is 2.38. The monoisotopic (exact) mass is 282 g/mol. The van der Waals surface area contributed by atoms with Gasteiger partial charge in [-0.05, 0) is 46.1 Å². The molecule has 1 aromatic rings. The Morgan fingerprint density at radius 1 is 1.42 bits per heavy atom. The van der Waals surface area contributed by atoms with Crippen molar-refractivity contribution in [1.29, 1.82) is 0 Å². The molecule has 0 aliphatic carbocycles. The first kappa shape index (κ1) is 14.9. The predicted octanol–water partition coefficient (Wildman–Crippen LogP) is 3.54. The molecule has 2 heterocycles. The van der Waals surface area contributed by atoms with Gasteiger partial charge in [-0.2, -0.15) is 0 Å². The molecular weight excluding hydrogens is 256 g/mol. The average molecular weight is 282 g/mol. The number of thiazole rings is 1. The minimum absolute atomic E-state index is 0.0403.